The van der Waals surface area contributed by atoms with Gasteiger partial charge in [-0.2, -0.15) is 0 Å². The number of anilines is 1. The van der Waals surface area contributed by atoms with E-state index in [1.807, 2.05) is 6.92 Å². The number of sulfonamides is 1. The smallest absolute Gasteiger partial charge is 0.251 e. The highest BCUT2D eigenvalue weighted by atomic mass is 32.2. The molecule has 3 aromatic carbocycles. The molecule has 1 atom stereocenters. The molecule has 1 aliphatic rings. The average molecular weight is 481 g/mol. The molecular formula is C27H29FN2O3S. The first-order chi connectivity index (χ1) is 16.2. The number of carbonyl (C=O) groups is 1. The minimum Gasteiger partial charge on any atom is -0.346 e. The molecule has 34 heavy (non-hydrogen) atoms. The number of rotatable bonds is 7. The molecule has 1 amide bonds. The van der Waals surface area contributed by atoms with Crippen molar-refractivity contribution < 1.29 is 17.6 Å². The molecule has 1 aliphatic carbocycles. The zero-order chi connectivity index (χ0) is 24.3. The van der Waals surface area contributed by atoms with Crippen molar-refractivity contribution in [3.05, 3.63) is 100 Å². The fraction of sp³-hybridized carbons (Fsp3) is 0.296. The van der Waals surface area contributed by atoms with E-state index < -0.39 is 15.8 Å². The largest absolute Gasteiger partial charge is 0.346 e. The molecule has 0 aromatic heterocycles. The van der Waals surface area contributed by atoms with Gasteiger partial charge in [-0.05, 0) is 79.1 Å². The number of hydrogen-bond acceptors (Lipinski definition) is 3. The van der Waals surface area contributed by atoms with Gasteiger partial charge < -0.3 is 5.32 Å². The molecule has 7 heteroatoms. The zero-order valence-electron chi connectivity index (χ0n) is 19.4. The van der Waals surface area contributed by atoms with Crippen LogP contribution in [0.4, 0.5) is 10.1 Å². The average Bonchev–Trinajstić information content (AvgIpc) is 2.82. The van der Waals surface area contributed by atoms with E-state index in [1.165, 1.54) is 42.2 Å². The summed E-state index contributed by atoms with van der Waals surface area (Å²) in [7, 11) is -3.70. The highest BCUT2D eigenvalue weighted by molar-refractivity contribution is 7.92. The fourth-order valence-electron chi connectivity index (χ4n) is 4.35. The number of fused-ring (bicyclic) bond motifs is 1. The lowest BCUT2D eigenvalue weighted by Crippen LogP contribution is -2.30. The molecule has 0 unspecified atom stereocenters. The third-order valence-electron chi connectivity index (χ3n) is 6.28. The van der Waals surface area contributed by atoms with Gasteiger partial charge in [0.25, 0.3) is 5.91 Å². The van der Waals surface area contributed by atoms with E-state index in [0.29, 0.717) is 11.1 Å². The van der Waals surface area contributed by atoms with E-state index in [9.17, 15) is 17.6 Å². The fourth-order valence-corrected chi connectivity index (χ4v) is 5.24. The number of nitrogens with one attached hydrogen (secondary N) is 1. The number of para-hydroxylation sites is 1. The van der Waals surface area contributed by atoms with Crippen LogP contribution >= 0.6 is 0 Å². The van der Waals surface area contributed by atoms with Crippen LogP contribution in [0.1, 0.15) is 58.4 Å². The summed E-state index contributed by atoms with van der Waals surface area (Å²) < 4.78 is 39.9. The van der Waals surface area contributed by atoms with Crippen molar-refractivity contribution in [2.45, 2.75) is 45.2 Å². The van der Waals surface area contributed by atoms with Crippen LogP contribution in [0.25, 0.3) is 0 Å². The van der Waals surface area contributed by atoms with Crippen LogP contribution in [0.15, 0.2) is 66.7 Å². The van der Waals surface area contributed by atoms with Crippen LogP contribution in [0, 0.1) is 5.82 Å². The van der Waals surface area contributed by atoms with Gasteiger partial charge in [0.2, 0.25) is 10.0 Å². The maximum absolute atomic E-state index is 14.2. The number of halogens is 1. The van der Waals surface area contributed by atoms with Gasteiger partial charge in [0.1, 0.15) is 5.82 Å². The van der Waals surface area contributed by atoms with Gasteiger partial charge in [0.15, 0.2) is 0 Å². The molecule has 1 N–H and O–H groups in total. The summed E-state index contributed by atoms with van der Waals surface area (Å²) in [4.78, 5) is 12.8. The minimum atomic E-state index is -3.70. The monoisotopic (exact) mass is 480 g/mol. The quantitative estimate of drug-likeness (QED) is 0.508. The van der Waals surface area contributed by atoms with Gasteiger partial charge in [-0.1, -0.05) is 42.5 Å². The van der Waals surface area contributed by atoms with E-state index in [1.54, 1.807) is 30.3 Å². The van der Waals surface area contributed by atoms with Crippen molar-refractivity contribution in [1.29, 1.82) is 0 Å². The molecular weight excluding hydrogens is 451 g/mol. The second kappa shape index (κ2) is 9.97. The van der Waals surface area contributed by atoms with Crippen LogP contribution in [0.5, 0.6) is 0 Å². The van der Waals surface area contributed by atoms with Crippen LogP contribution in [0.3, 0.4) is 0 Å². The van der Waals surface area contributed by atoms with Crippen LogP contribution in [-0.2, 0) is 29.4 Å². The normalized spacial score (nSPS) is 14.2. The molecule has 0 aliphatic heterocycles. The third-order valence-corrected chi connectivity index (χ3v) is 7.41. The highest BCUT2D eigenvalue weighted by Crippen LogP contribution is 2.26. The van der Waals surface area contributed by atoms with Crippen molar-refractivity contribution in [2.75, 3.05) is 10.6 Å². The molecule has 3 aromatic rings. The first-order valence-electron chi connectivity index (χ1n) is 11.5. The zero-order valence-corrected chi connectivity index (χ0v) is 20.2. The Hall–Kier alpha value is -3.19. The van der Waals surface area contributed by atoms with Crippen molar-refractivity contribution in [3.63, 3.8) is 0 Å². The lowest BCUT2D eigenvalue weighted by molar-refractivity contribution is 0.0940. The van der Waals surface area contributed by atoms with Crippen LogP contribution in [-0.4, -0.2) is 20.6 Å². The SMILES string of the molecule is C[C@H](NC(=O)c1ccc(CN(c2ccccc2F)S(C)(=O)=O)cc1)c1ccc2c(c1)CCCC2. The van der Waals surface area contributed by atoms with Gasteiger partial charge in [0, 0.05) is 5.56 Å². The number of nitrogens with zero attached hydrogens (tertiary/aromatic N) is 1. The second-order valence-electron chi connectivity index (χ2n) is 8.85. The molecule has 4 rings (SSSR count). The van der Waals surface area contributed by atoms with Gasteiger partial charge in [0.05, 0.1) is 24.5 Å². The predicted octanol–water partition coefficient (Wildman–Crippen LogP) is 5.16. The third kappa shape index (κ3) is 5.47. The number of carbonyl (C=O) groups excluding carboxylic acids is 1. The lowest BCUT2D eigenvalue weighted by atomic mass is 9.89. The summed E-state index contributed by atoms with van der Waals surface area (Å²) in [5.41, 5.74) is 4.98. The van der Waals surface area contributed by atoms with E-state index in [4.69, 9.17) is 0 Å². The molecule has 0 heterocycles. The Kier molecular flexibility index (Phi) is 7.03. The van der Waals surface area contributed by atoms with Gasteiger partial charge in [-0.25, -0.2) is 12.8 Å². The topological polar surface area (TPSA) is 66.5 Å². The summed E-state index contributed by atoms with van der Waals surface area (Å²) in [5.74, 6) is -0.814. The van der Waals surface area contributed by atoms with E-state index in [-0.39, 0.29) is 24.2 Å². The Morgan fingerprint density at radius 2 is 1.68 bits per heavy atom. The Morgan fingerprint density at radius 3 is 2.35 bits per heavy atom. The minimum absolute atomic E-state index is 0.00862. The van der Waals surface area contributed by atoms with Crippen molar-refractivity contribution in [1.82, 2.24) is 5.32 Å². The lowest BCUT2D eigenvalue weighted by Gasteiger charge is -2.23. The summed E-state index contributed by atoms with van der Waals surface area (Å²) in [6, 6.07) is 18.8. The standard InChI is InChI=1S/C27H29FN2O3S/c1-19(23-16-15-21-7-3-4-8-24(21)17-23)29-27(31)22-13-11-20(12-14-22)18-30(34(2,32)33)26-10-6-5-9-25(26)28/h5-6,9-17,19H,3-4,7-8,18H2,1-2H3,(H,29,31)/t19-/m0/s1. The molecule has 0 fully saturated rings. The summed E-state index contributed by atoms with van der Waals surface area (Å²) in [6.07, 6.45) is 5.69. The number of hydrogen-bond donors (Lipinski definition) is 1. The molecule has 0 spiro atoms. The Balaban J connectivity index is 1.45. The van der Waals surface area contributed by atoms with Gasteiger partial charge in [-0.15, -0.1) is 0 Å². The van der Waals surface area contributed by atoms with E-state index >= 15 is 0 Å². The molecule has 0 saturated carbocycles. The van der Waals surface area contributed by atoms with E-state index in [0.717, 1.165) is 29.0 Å². The highest BCUT2D eigenvalue weighted by Gasteiger charge is 2.21. The Morgan fingerprint density at radius 1 is 1.00 bits per heavy atom. The predicted molar refractivity (Wildman–Crippen MR) is 133 cm³/mol. The molecule has 0 radical (unpaired) electrons. The van der Waals surface area contributed by atoms with Crippen molar-refractivity contribution in [2.24, 2.45) is 0 Å². The summed E-state index contributed by atoms with van der Waals surface area (Å²) >= 11 is 0. The Labute approximate surface area is 200 Å². The number of amides is 1. The van der Waals surface area contributed by atoms with Crippen molar-refractivity contribution >= 4 is 21.6 Å². The van der Waals surface area contributed by atoms with Crippen LogP contribution < -0.4 is 9.62 Å². The van der Waals surface area contributed by atoms with Crippen molar-refractivity contribution in [3.8, 4) is 0 Å². The Bertz CT molecular complexity index is 1290. The molecule has 5 nitrogen and oxygen atoms in total. The second-order valence-corrected chi connectivity index (χ2v) is 10.8. The van der Waals surface area contributed by atoms with Gasteiger partial charge >= 0.3 is 0 Å². The number of aryl methyl sites for hydroxylation is 2. The van der Waals surface area contributed by atoms with Gasteiger partial charge in [-0.3, -0.25) is 9.10 Å². The summed E-state index contributed by atoms with van der Waals surface area (Å²) in [5, 5.41) is 3.04. The van der Waals surface area contributed by atoms with E-state index in [2.05, 4.69) is 23.5 Å². The number of benzene rings is 3. The first-order valence-corrected chi connectivity index (χ1v) is 13.3. The first kappa shape index (κ1) is 24.0. The maximum atomic E-state index is 14.2. The molecule has 0 saturated heterocycles. The summed E-state index contributed by atoms with van der Waals surface area (Å²) in [6.45, 7) is 1.93. The molecule has 0 bridgehead atoms. The molecule has 178 valence electrons. The van der Waals surface area contributed by atoms with Crippen LogP contribution in [0.2, 0.25) is 0 Å². The maximum Gasteiger partial charge on any atom is 0.251 e.